The van der Waals surface area contributed by atoms with Gasteiger partial charge in [-0.2, -0.15) is 5.26 Å². The monoisotopic (exact) mass is 253 g/mol. The lowest BCUT2D eigenvalue weighted by Crippen LogP contribution is -2.03. The highest BCUT2D eigenvalue weighted by atomic mass is 16.4. The first-order chi connectivity index (χ1) is 9.10. The molecule has 2 aromatic carbocycles. The number of nitrogen functional groups attached to an aromatic ring is 1. The van der Waals surface area contributed by atoms with Crippen LogP contribution in [0.5, 0.6) is 0 Å². The van der Waals surface area contributed by atoms with Gasteiger partial charge in [0.2, 0.25) is 0 Å². The standard InChI is InChI=1S/C14H11N3O2/c15-8-9-2-1-3-10(6-9)17-11-4-5-12(14(18)19)13(16)7-11/h1-7,17H,16H2,(H,18,19). The molecule has 19 heavy (non-hydrogen) atoms. The Hall–Kier alpha value is -3.00. The van der Waals surface area contributed by atoms with E-state index >= 15 is 0 Å². The van der Waals surface area contributed by atoms with Crippen LogP contribution in [0.25, 0.3) is 0 Å². The van der Waals surface area contributed by atoms with Crippen LogP contribution < -0.4 is 11.1 Å². The lowest BCUT2D eigenvalue weighted by atomic mass is 10.1. The second-order valence-corrected chi connectivity index (χ2v) is 3.92. The van der Waals surface area contributed by atoms with Crippen molar-refractivity contribution < 1.29 is 9.90 Å². The number of hydrogen-bond acceptors (Lipinski definition) is 4. The Labute approximate surface area is 109 Å². The second-order valence-electron chi connectivity index (χ2n) is 3.92. The molecule has 5 nitrogen and oxygen atoms in total. The van der Waals surface area contributed by atoms with Gasteiger partial charge in [-0.15, -0.1) is 0 Å². The molecule has 0 spiro atoms. The van der Waals surface area contributed by atoms with Crippen LogP contribution in [0.15, 0.2) is 42.5 Å². The minimum atomic E-state index is -1.06. The zero-order chi connectivity index (χ0) is 13.8. The Kier molecular flexibility index (Phi) is 3.35. The number of hydrogen-bond donors (Lipinski definition) is 3. The maximum absolute atomic E-state index is 10.8. The van der Waals surface area contributed by atoms with Crippen LogP contribution in [-0.4, -0.2) is 11.1 Å². The Morgan fingerprint density at radius 3 is 2.58 bits per heavy atom. The fraction of sp³-hybridized carbons (Fsp3) is 0. The van der Waals surface area contributed by atoms with Gasteiger partial charge in [-0.25, -0.2) is 4.79 Å². The van der Waals surface area contributed by atoms with Crippen molar-refractivity contribution >= 4 is 23.0 Å². The molecule has 0 bridgehead atoms. The number of carboxylic acid groups (broad SMARTS) is 1. The number of aromatic carboxylic acids is 1. The summed E-state index contributed by atoms with van der Waals surface area (Å²) in [6.45, 7) is 0. The molecule has 0 radical (unpaired) electrons. The molecule has 0 saturated carbocycles. The molecule has 0 fully saturated rings. The summed E-state index contributed by atoms with van der Waals surface area (Å²) in [5.74, 6) is -1.06. The normalized spacial score (nSPS) is 9.63. The van der Waals surface area contributed by atoms with E-state index in [1.165, 1.54) is 6.07 Å². The summed E-state index contributed by atoms with van der Waals surface area (Å²) in [5.41, 5.74) is 7.86. The Morgan fingerprint density at radius 1 is 1.21 bits per heavy atom. The molecule has 0 aliphatic rings. The summed E-state index contributed by atoms with van der Waals surface area (Å²) < 4.78 is 0. The molecule has 0 aliphatic carbocycles. The number of nitriles is 1. The third-order valence-electron chi connectivity index (χ3n) is 2.56. The highest BCUT2D eigenvalue weighted by Gasteiger charge is 2.08. The van der Waals surface area contributed by atoms with E-state index in [1.54, 1.807) is 30.3 Å². The molecular formula is C14H11N3O2. The van der Waals surface area contributed by atoms with E-state index < -0.39 is 5.97 Å². The van der Waals surface area contributed by atoms with Crippen LogP contribution in [0.4, 0.5) is 17.1 Å². The van der Waals surface area contributed by atoms with Gasteiger partial charge in [-0.3, -0.25) is 0 Å². The summed E-state index contributed by atoms with van der Waals surface area (Å²) >= 11 is 0. The maximum atomic E-state index is 10.8. The second kappa shape index (κ2) is 5.10. The summed E-state index contributed by atoms with van der Waals surface area (Å²) in [5, 5.41) is 20.7. The Morgan fingerprint density at radius 2 is 1.95 bits per heavy atom. The lowest BCUT2D eigenvalue weighted by Gasteiger charge is -2.08. The van der Waals surface area contributed by atoms with Gasteiger partial charge >= 0.3 is 5.97 Å². The van der Waals surface area contributed by atoms with Crippen LogP contribution in [0.1, 0.15) is 15.9 Å². The minimum absolute atomic E-state index is 0.0660. The summed E-state index contributed by atoms with van der Waals surface area (Å²) in [6, 6.07) is 13.6. The van der Waals surface area contributed by atoms with Crippen molar-refractivity contribution in [1.29, 1.82) is 5.26 Å². The third kappa shape index (κ3) is 2.82. The number of benzene rings is 2. The maximum Gasteiger partial charge on any atom is 0.337 e. The number of anilines is 3. The summed E-state index contributed by atoms with van der Waals surface area (Å²) in [6.07, 6.45) is 0. The van der Waals surface area contributed by atoms with E-state index in [1.807, 2.05) is 12.1 Å². The fourth-order valence-electron chi connectivity index (χ4n) is 1.67. The van der Waals surface area contributed by atoms with Crippen molar-refractivity contribution in [2.24, 2.45) is 0 Å². The predicted molar refractivity (Wildman–Crippen MR) is 72.3 cm³/mol. The molecular weight excluding hydrogens is 242 g/mol. The lowest BCUT2D eigenvalue weighted by molar-refractivity contribution is 0.0698. The van der Waals surface area contributed by atoms with Crippen molar-refractivity contribution in [3.63, 3.8) is 0 Å². The number of carbonyl (C=O) groups is 1. The highest BCUT2D eigenvalue weighted by molar-refractivity contribution is 5.94. The van der Waals surface area contributed by atoms with Crippen LogP contribution >= 0.6 is 0 Å². The Balaban J connectivity index is 2.26. The number of nitrogens with one attached hydrogen (secondary N) is 1. The third-order valence-corrected chi connectivity index (χ3v) is 2.56. The largest absolute Gasteiger partial charge is 0.478 e. The molecule has 2 aromatic rings. The van der Waals surface area contributed by atoms with Gasteiger partial charge in [0.25, 0.3) is 0 Å². The van der Waals surface area contributed by atoms with E-state index in [0.717, 1.165) is 5.69 Å². The molecule has 0 amide bonds. The van der Waals surface area contributed by atoms with Crippen molar-refractivity contribution in [3.05, 3.63) is 53.6 Å². The van der Waals surface area contributed by atoms with Crippen molar-refractivity contribution in [1.82, 2.24) is 0 Å². The molecule has 5 heteroatoms. The number of nitrogens with two attached hydrogens (primary N) is 1. The van der Waals surface area contributed by atoms with E-state index in [9.17, 15) is 4.79 Å². The van der Waals surface area contributed by atoms with Gasteiger partial charge < -0.3 is 16.2 Å². The first-order valence-corrected chi connectivity index (χ1v) is 5.50. The molecule has 0 heterocycles. The summed E-state index contributed by atoms with van der Waals surface area (Å²) in [4.78, 5) is 10.8. The first-order valence-electron chi connectivity index (χ1n) is 5.50. The van der Waals surface area contributed by atoms with E-state index in [0.29, 0.717) is 11.3 Å². The van der Waals surface area contributed by atoms with Crippen molar-refractivity contribution in [3.8, 4) is 6.07 Å². The molecule has 94 valence electrons. The fourth-order valence-corrected chi connectivity index (χ4v) is 1.67. The predicted octanol–water partition coefficient (Wildman–Crippen LogP) is 2.58. The zero-order valence-electron chi connectivity index (χ0n) is 9.92. The molecule has 0 atom stereocenters. The SMILES string of the molecule is N#Cc1cccc(Nc2ccc(C(=O)O)c(N)c2)c1. The van der Waals surface area contributed by atoms with Gasteiger partial charge in [0.05, 0.1) is 17.2 Å². The van der Waals surface area contributed by atoms with Gasteiger partial charge in [0, 0.05) is 17.1 Å². The topological polar surface area (TPSA) is 99.1 Å². The van der Waals surface area contributed by atoms with Gasteiger partial charge in [0.15, 0.2) is 0 Å². The van der Waals surface area contributed by atoms with E-state index in [4.69, 9.17) is 16.1 Å². The molecule has 0 aliphatic heterocycles. The van der Waals surface area contributed by atoms with E-state index in [2.05, 4.69) is 5.32 Å². The van der Waals surface area contributed by atoms with Crippen LogP contribution in [0, 0.1) is 11.3 Å². The molecule has 0 aromatic heterocycles. The minimum Gasteiger partial charge on any atom is -0.478 e. The quantitative estimate of drug-likeness (QED) is 0.730. The van der Waals surface area contributed by atoms with Crippen LogP contribution in [0.2, 0.25) is 0 Å². The molecule has 2 rings (SSSR count). The van der Waals surface area contributed by atoms with Gasteiger partial charge in [-0.05, 0) is 36.4 Å². The highest BCUT2D eigenvalue weighted by Crippen LogP contribution is 2.22. The molecule has 0 unspecified atom stereocenters. The number of nitrogens with zero attached hydrogens (tertiary/aromatic N) is 1. The van der Waals surface area contributed by atoms with Crippen molar-refractivity contribution in [2.75, 3.05) is 11.1 Å². The number of carboxylic acids is 1. The average Bonchev–Trinajstić information content (AvgIpc) is 2.38. The van der Waals surface area contributed by atoms with Crippen molar-refractivity contribution in [2.45, 2.75) is 0 Å². The van der Waals surface area contributed by atoms with Gasteiger partial charge in [-0.1, -0.05) is 6.07 Å². The van der Waals surface area contributed by atoms with Crippen LogP contribution in [0.3, 0.4) is 0 Å². The Bertz CT molecular complexity index is 675. The summed E-state index contributed by atoms with van der Waals surface area (Å²) in [7, 11) is 0. The smallest absolute Gasteiger partial charge is 0.337 e. The molecule has 0 saturated heterocycles. The van der Waals surface area contributed by atoms with E-state index in [-0.39, 0.29) is 11.3 Å². The average molecular weight is 253 g/mol. The van der Waals surface area contributed by atoms with Crippen LogP contribution in [-0.2, 0) is 0 Å². The van der Waals surface area contributed by atoms with Gasteiger partial charge in [0.1, 0.15) is 0 Å². The number of rotatable bonds is 3. The zero-order valence-corrected chi connectivity index (χ0v) is 9.92. The first kappa shape index (κ1) is 12.5. The molecule has 4 N–H and O–H groups in total.